The molecule has 0 atom stereocenters. The molecular weight excluding hydrogens is 304 g/mol. The predicted molar refractivity (Wildman–Crippen MR) is 91.8 cm³/mol. The normalized spacial score (nSPS) is 13.3. The van der Waals surface area contributed by atoms with Crippen LogP contribution < -0.4 is 15.5 Å². The van der Waals surface area contributed by atoms with Crippen molar-refractivity contribution in [2.24, 2.45) is 0 Å². The molecule has 0 saturated carbocycles. The Labute approximate surface area is 143 Å². The van der Waals surface area contributed by atoms with Gasteiger partial charge in [0.15, 0.2) is 11.5 Å². The van der Waals surface area contributed by atoms with E-state index in [2.05, 4.69) is 17.6 Å². The van der Waals surface area contributed by atoms with E-state index in [0.29, 0.717) is 5.82 Å². The molecule has 1 aromatic rings. The summed E-state index contributed by atoms with van der Waals surface area (Å²) in [7, 11) is 1.98. The SMILES string of the molecule is CCCNCc1ccc(N(C)CCN2CCNC2=C(C#N)C#N)o1. The number of nitrogens with zero attached hydrogens (tertiary/aromatic N) is 4. The van der Waals surface area contributed by atoms with E-state index in [-0.39, 0.29) is 5.57 Å². The highest BCUT2D eigenvalue weighted by atomic mass is 16.4. The van der Waals surface area contributed by atoms with Crippen LogP contribution in [-0.2, 0) is 6.54 Å². The number of allylic oxidation sites excluding steroid dienone is 1. The Morgan fingerprint density at radius 1 is 1.42 bits per heavy atom. The summed E-state index contributed by atoms with van der Waals surface area (Å²) in [5.74, 6) is 2.38. The van der Waals surface area contributed by atoms with E-state index in [1.165, 1.54) is 0 Å². The van der Waals surface area contributed by atoms with Crippen LogP contribution >= 0.6 is 0 Å². The molecule has 0 unspecified atom stereocenters. The van der Waals surface area contributed by atoms with Gasteiger partial charge in [0.05, 0.1) is 6.54 Å². The minimum absolute atomic E-state index is 0.137. The number of hydrogen-bond acceptors (Lipinski definition) is 7. The van der Waals surface area contributed by atoms with Gasteiger partial charge in [0.2, 0.25) is 0 Å². The van der Waals surface area contributed by atoms with Crippen LogP contribution in [0.25, 0.3) is 0 Å². The van der Waals surface area contributed by atoms with Crippen molar-refractivity contribution in [3.8, 4) is 12.1 Å². The Hall–Kier alpha value is -2.64. The van der Waals surface area contributed by atoms with Crippen molar-refractivity contribution in [1.29, 1.82) is 10.5 Å². The van der Waals surface area contributed by atoms with Gasteiger partial charge in [0, 0.05) is 39.3 Å². The van der Waals surface area contributed by atoms with E-state index in [9.17, 15) is 0 Å². The molecule has 0 radical (unpaired) electrons. The third kappa shape index (κ3) is 4.43. The summed E-state index contributed by atoms with van der Waals surface area (Å²) in [5.41, 5.74) is 0.137. The van der Waals surface area contributed by atoms with E-state index >= 15 is 0 Å². The lowest BCUT2D eigenvalue weighted by atomic mass is 10.3. The summed E-state index contributed by atoms with van der Waals surface area (Å²) in [6.45, 7) is 6.84. The number of nitrogens with one attached hydrogen (secondary N) is 2. The number of hydrogen-bond donors (Lipinski definition) is 2. The molecular formula is C17H24N6O. The minimum atomic E-state index is 0.137. The van der Waals surface area contributed by atoms with Gasteiger partial charge in [0.1, 0.15) is 23.7 Å². The third-order valence-corrected chi connectivity index (χ3v) is 3.91. The average molecular weight is 328 g/mol. The molecule has 0 bridgehead atoms. The van der Waals surface area contributed by atoms with E-state index < -0.39 is 0 Å². The fraction of sp³-hybridized carbons (Fsp3) is 0.529. The molecule has 24 heavy (non-hydrogen) atoms. The van der Waals surface area contributed by atoms with Gasteiger partial charge in [-0.3, -0.25) is 0 Å². The zero-order valence-corrected chi connectivity index (χ0v) is 14.3. The zero-order valence-electron chi connectivity index (χ0n) is 14.3. The molecule has 0 aliphatic carbocycles. The summed E-state index contributed by atoms with van der Waals surface area (Å²) in [6, 6.07) is 7.85. The van der Waals surface area contributed by atoms with Gasteiger partial charge in [-0.25, -0.2) is 0 Å². The first-order valence-corrected chi connectivity index (χ1v) is 8.23. The van der Waals surface area contributed by atoms with Crippen molar-refractivity contribution in [1.82, 2.24) is 15.5 Å². The maximum Gasteiger partial charge on any atom is 0.195 e. The minimum Gasteiger partial charge on any atom is -0.444 e. The maximum atomic E-state index is 9.02. The number of anilines is 1. The topological polar surface area (TPSA) is 91.3 Å². The van der Waals surface area contributed by atoms with Gasteiger partial charge in [-0.15, -0.1) is 0 Å². The van der Waals surface area contributed by atoms with Crippen molar-refractivity contribution < 1.29 is 4.42 Å². The first-order chi connectivity index (χ1) is 11.7. The standard InChI is InChI=1S/C17H24N6O/c1-3-6-20-13-15-4-5-16(24-15)22(2)9-10-23-8-7-21-17(23)14(11-18)12-19/h4-5,20-21H,3,6-10,13H2,1-2H3. The van der Waals surface area contributed by atoms with Gasteiger partial charge in [-0.1, -0.05) is 6.92 Å². The summed E-state index contributed by atoms with van der Waals surface area (Å²) >= 11 is 0. The summed E-state index contributed by atoms with van der Waals surface area (Å²) in [5, 5.41) is 24.5. The van der Waals surface area contributed by atoms with Crippen LogP contribution in [0.2, 0.25) is 0 Å². The predicted octanol–water partition coefficient (Wildman–Crippen LogP) is 1.38. The van der Waals surface area contributed by atoms with Crippen LogP contribution in [0.1, 0.15) is 19.1 Å². The highest BCUT2D eigenvalue weighted by molar-refractivity contribution is 5.40. The average Bonchev–Trinajstić information content (AvgIpc) is 3.24. The smallest absolute Gasteiger partial charge is 0.195 e. The zero-order chi connectivity index (χ0) is 17.4. The molecule has 0 amide bonds. The number of rotatable bonds is 8. The van der Waals surface area contributed by atoms with Crippen molar-refractivity contribution in [2.75, 3.05) is 44.7 Å². The highest BCUT2D eigenvalue weighted by Crippen LogP contribution is 2.18. The summed E-state index contributed by atoms with van der Waals surface area (Å²) < 4.78 is 5.84. The number of furan rings is 1. The lowest BCUT2D eigenvalue weighted by Crippen LogP contribution is -2.32. The Kier molecular flexibility index (Phi) is 6.53. The molecule has 0 spiro atoms. The van der Waals surface area contributed by atoms with E-state index in [1.54, 1.807) is 0 Å². The van der Waals surface area contributed by atoms with E-state index in [1.807, 2.05) is 41.1 Å². The molecule has 1 aliphatic heterocycles. The second-order valence-electron chi connectivity index (χ2n) is 5.70. The van der Waals surface area contributed by atoms with Crippen LogP contribution in [0.15, 0.2) is 27.9 Å². The van der Waals surface area contributed by atoms with E-state index in [4.69, 9.17) is 14.9 Å². The van der Waals surface area contributed by atoms with Crippen LogP contribution in [0.4, 0.5) is 5.88 Å². The van der Waals surface area contributed by atoms with Crippen LogP contribution in [0, 0.1) is 22.7 Å². The molecule has 7 heteroatoms. The second kappa shape index (κ2) is 8.85. The number of nitriles is 2. The Morgan fingerprint density at radius 2 is 2.21 bits per heavy atom. The van der Waals surface area contributed by atoms with Gasteiger partial charge >= 0.3 is 0 Å². The van der Waals surface area contributed by atoms with Crippen LogP contribution in [-0.4, -0.2) is 44.7 Å². The molecule has 1 aliphatic rings. The van der Waals surface area contributed by atoms with Crippen molar-refractivity contribution in [3.63, 3.8) is 0 Å². The second-order valence-corrected chi connectivity index (χ2v) is 5.70. The van der Waals surface area contributed by atoms with Crippen molar-refractivity contribution in [2.45, 2.75) is 19.9 Å². The maximum absolute atomic E-state index is 9.02. The molecule has 0 aromatic carbocycles. The molecule has 7 nitrogen and oxygen atoms in total. The van der Waals surface area contributed by atoms with E-state index in [0.717, 1.165) is 57.3 Å². The monoisotopic (exact) mass is 328 g/mol. The largest absolute Gasteiger partial charge is 0.444 e. The highest BCUT2D eigenvalue weighted by Gasteiger charge is 2.21. The Morgan fingerprint density at radius 3 is 2.92 bits per heavy atom. The number of likely N-dealkylation sites (N-methyl/N-ethyl adjacent to an activating group) is 1. The molecule has 1 saturated heterocycles. The lowest BCUT2D eigenvalue weighted by Gasteiger charge is -2.23. The molecule has 2 rings (SSSR count). The van der Waals surface area contributed by atoms with Crippen LogP contribution in [0.3, 0.4) is 0 Å². The van der Waals surface area contributed by atoms with Gasteiger partial charge < -0.3 is 24.9 Å². The van der Waals surface area contributed by atoms with Crippen molar-refractivity contribution >= 4 is 5.88 Å². The van der Waals surface area contributed by atoms with Gasteiger partial charge in [-0.05, 0) is 19.0 Å². The summed E-state index contributed by atoms with van der Waals surface area (Å²) in [4.78, 5) is 4.07. The Balaban J connectivity index is 1.89. The fourth-order valence-corrected chi connectivity index (χ4v) is 2.57. The first kappa shape index (κ1) is 17.7. The van der Waals surface area contributed by atoms with Gasteiger partial charge in [-0.2, -0.15) is 10.5 Å². The third-order valence-electron chi connectivity index (χ3n) is 3.91. The van der Waals surface area contributed by atoms with Gasteiger partial charge in [0.25, 0.3) is 0 Å². The first-order valence-electron chi connectivity index (χ1n) is 8.23. The molecule has 2 heterocycles. The molecule has 2 N–H and O–H groups in total. The summed E-state index contributed by atoms with van der Waals surface area (Å²) in [6.07, 6.45) is 1.10. The quantitative estimate of drug-likeness (QED) is 0.550. The molecule has 128 valence electrons. The lowest BCUT2D eigenvalue weighted by molar-refractivity contribution is 0.395. The molecule has 1 fully saturated rings. The van der Waals surface area contributed by atoms with Crippen molar-refractivity contribution in [3.05, 3.63) is 29.3 Å². The van der Waals surface area contributed by atoms with Crippen LogP contribution in [0.5, 0.6) is 0 Å². The Bertz CT molecular complexity index is 635. The molecule has 1 aromatic heterocycles. The fourth-order valence-electron chi connectivity index (χ4n) is 2.57.